The minimum atomic E-state index is -0.252. The third-order valence-electron chi connectivity index (χ3n) is 2.72. The molecule has 0 aromatic heterocycles. The Bertz CT molecular complexity index is 470. The average molecular weight is 204 g/mol. The van der Waals surface area contributed by atoms with E-state index in [9.17, 15) is 9.18 Å². The molecule has 1 amide bonds. The molecule has 0 unspecified atom stereocenters. The lowest BCUT2D eigenvalue weighted by Gasteiger charge is -2.31. The highest BCUT2D eigenvalue weighted by Gasteiger charge is 2.30. The van der Waals surface area contributed by atoms with Crippen LogP contribution in [0.2, 0.25) is 0 Å². The van der Waals surface area contributed by atoms with E-state index in [4.69, 9.17) is 0 Å². The molecule has 0 radical (unpaired) electrons. The molecule has 0 aliphatic carbocycles. The number of fused-ring (bicyclic) bond motifs is 3. The van der Waals surface area contributed by atoms with Crippen molar-refractivity contribution in [2.24, 2.45) is 0 Å². The number of hydrogen-bond donors (Lipinski definition) is 0. The summed E-state index contributed by atoms with van der Waals surface area (Å²) < 4.78 is 13.0. The lowest BCUT2D eigenvalue weighted by Crippen LogP contribution is -2.36. The molecule has 0 bridgehead atoms. The SMILES string of the molecule is O=C1CCN2c3ccc(F)cc3C=CN12. The molecule has 3 rings (SSSR count). The summed E-state index contributed by atoms with van der Waals surface area (Å²) in [5.41, 5.74) is 1.71. The fraction of sp³-hybridized carbons (Fsp3) is 0.182. The largest absolute Gasteiger partial charge is 0.278 e. The molecule has 2 aliphatic rings. The highest BCUT2D eigenvalue weighted by Crippen LogP contribution is 2.31. The van der Waals surface area contributed by atoms with E-state index in [1.165, 1.54) is 12.1 Å². The van der Waals surface area contributed by atoms with Gasteiger partial charge in [-0.25, -0.2) is 9.40 Å². The Kier molecular flexibility index (Phi) is 1.59. The number of carbonyl (C=O) groups is 1. The summed E-state index contributed by atoms with van der Waals surface area (Å²) in [4.78, 5) is 11.4. The lowest BCUT2D eigenvalue weighted by atomic mass is 10.1. The van der Waals surface area contributed by atoms with Crippen LogP contribution in [0.15, 0.2) is 24.4 Å². The van der Waals surface area contributed by atoms with Crippen molar-refractivity contribution in [1.29, 1.82) is 0 Å². The van der Waals surface area contributed by atoms with Crippen molar-refractivity contribution in [1.82, 2.24) is 5.01 Å². The zero-order valence-electron chi connectivity index (χ0n) is 7.98. The van der Waals surface area contributed by atoms with Crippen LogP contribution in [0.3, 0.4) is 0 Å². The van der Waals surface area contributed by atoms with Gasteiger partial charge in [-0.05, 0) is 24.3 Å². The van der Waals surface area contributed by atoms with Gasteiger partial charge in [-0.2, -0.15) is 0 Å². The van der Waals surface area contributed by atoms with Crippen molar-refractivity contribution in [2.45, 2.75) is 6.42 Å². The maximum atomic E-state index is 13.0. The Balaban J connectivity index is 2.12. The summed E-state index contributed by atoms with van der Waals surface area (Å²) in [6.45, 7) is 0.668. The second-order valence-electron chi connectivity index (χ2n) is 3.63. The van der Waals surface area contributed by atoms with Crippen LogP contribution >= 0.6 is 0 Å². The first-order valence-corrected chi connectivity index (χ1v) is 4.83. The maximum absolute atomic E-state index is 13.0. The summed E-state index contributed by atoms with van der Waals surface area (Å²) in [6.07, 6.45) is 3.97. The molecule has 1 fully saturated rings. The molecule has 2 aliphatic heterocycles. The van der Waals surface area contributed by atoms with Gasteiger partial charge in [0.25, 0.3) is 0 Å². The minimum absolute atomic E-state index is 0.0845. The van der Waals surface area contributed by atoms with E-state index in [2.05, 4.69) is 0 Å². The number of hydrogen-bond acceptors (Lipinski definition) is 2. The van der Waals surface area contributed by atoms with Crippen molar-refractivity contribution in [3.8, 4) is 0 Å². The van der Waals surface area contributed by atoms with Gasteiger partial charge in [0.1, 0.15) is 5.82 Å². The number of benzene rings is 1. The Labute approximate surface area is 86.4 Å². The molecule has 0 atom stereocenters. The molecular formula is C11H9FN2O. The normalized spacial score (nSPS) is 18.1. The van der Waals surface area contributed by atoms with Gasteiger partial charge in [-0.1, -0.05) is 0 Å². The first-order chi connectivity index (χ1) is 7.25. The van der Waals surface area contributed by atoms with Gasteiger partial charge >= 0.3 is 0 Å². The van der Waals surface area contributed by atoms with E-state index in [0.29, 0.717) is 13.0 Å². The maximum Gasteiger partial charge on any atom is 0.247 e. The second kappa shape index (κ2) is 2.82. The first-order valence-electron chi connectivity index (χ1n) is 4.83. The number of hydrazine groups is 1. The first kappa shape index (κ1) is 8.47. The van der Waals surface area contributed by atoms with Crippen LogP contribution in [0.1, 0.15) is 12.0 Å². The van der Waals surface area contributed by atoms with E-state index in [0.717, 1.165) is 11.3 Å². The van der Waals surface area contributed by atoms with Crippen LogP contribution in [-0.2, 0) is 4.79 Å². The summed E-state index contributed by atoms with van der Waals surface area (Å²) in [7, 11) is 0. The number of amides is 1. The zero-order chi connectivity index (χ0) is 10.4. The summed E-state index contributed by atoms with van der Waals surface area (Å²) in [6, 6.07) is 4.60. The minimum Gasteiger partial charge on any atom is -0.278 e. The predicted octanol–water partition coefficient (Wildman–Crippen LogP) is 1.76. The number of anilines is 1. The summed E-state index contributed by atoms with van der Waals surface area (Å²) in [5, 5.41) is 3.46. The standard InChI is InChI=1S/C11H9FN2O/c12-9-1-2-10-8(7-9)3-5-14-11(15)4-6-13(10)14/h1-3,5,7H,4,6H2. The van der Waals surface area contributed by atoms with E-state index >= 15 is 0 Å². The predicted molar refractivity (Wildman–Crippen MR) is 54.2 cm³/mol. The highest BCUT2D eigenvalue weighted by molar-refractivity contribution is 5.87. The molecule has 15 heavy (non-hydrogen) atoms. The highest BCUT2D eigenvalue weighted by atomic mass is 19.1. The van der Waals surface area contributed by atoms with Gasteiger partial charge in [-0.15, -0.1) is 0 Å². The number of nitrogens with zero attached hydrogens (tertiary/aromatic N) is 2. The molecule has 4 heteroatoms. The van der Waals surface area contributed by atoms with Crippen molar-refractivity contribution in [2.75, 3.05) is 11.6 Å². The fourth-order valence-corrected chi connectivity index (χ4v) is 2.00. The van der Waals surface area contributed by atoms with E-state index in [1.807, 2.05) is 5.01 Å². The third-order valence-corrected chi connectivity index (χ3v) is 2.72. The molecular weight excluding hydrogens is 195 g/mol. The molecule has 76 valence electrons. The quantitative estimate of drug-likeness (QED) is 0.643. The number of rotatable bonds is 0. The number of halogens is 1. The van der Waals surface area contributed by atoms with Crippen molar-refractivity contribution in [3.63, 3.8) is 0 Å². The van der Waals surface area contributed by atoms with Gasteiger partial charge in [0.2, 0.25) is 5.91 Å². The zero-order valence-corrected chi connectivity index (χ0v) is 7.98. The van der Waals surface area contributed by atoms with Crippen LogP contribution in [0.5, 0.6) is 0 Å². The van der Waals surface area contributed by atoms with Crippen LogP contribution in [-0.4, -0.2) is 17.5 Å². The summed E-state index contributed by atoms with van der Waals surface area (Å²) in [5.74, 6) is -0.168. The van der Waals surface area contributed by atoms with Crippen LogP contribution in [0.25, 0.3) is 6.08 Å². The average Bonchev–Trinajstić information content (AvgIpc) is 2.60. The molecule has 3 nitrogen and oxygen atoms in total. The van der Waals surface area contributed by atoms with Gasteiger partial charge in [0.05, 0.1) is 5.69 Å². The Hall–Kier alpha value is -1.84. The molecule has 2 heterocycles. The van der Waals surface area contributed by atoms with Gasteiger partial charge < -0.3 is 0 Å². The molecule has 1 saturated heterocycles. The topological polar surface area (TPSA) is 23.6 Å². The monoisotopic (exact) mass is 204 g/mol. The summed E-state index contributed by atoms with van der Waals surface area (Å²) >= 11 is 0. The van der Waals surface area contributed by atoms with Crippen molar-refractivity contribution >= 4 is 17.7 Å². The molecule has 1 aromatic carbocycles. The molecule has 1 aromatic rings. The van der Waals surface area contributed by atoms with Crippen LogP contribution < -0.4 is 5.01 Å². The second-order valence-corrected chi connectivity index (χ2v) is 3.63. The van der Waals surface area contributed by atoms with Gasteiger partial charge in [0.15, 0.2) is 0 Å². The van der Waals surface area contributed by atoms with Gasteiger partial charge in [-0.3, -0.25) is 9.80 Å². The van der Waals surface area contributed by atoms with Crippen LogP contribution in [0.4, 0.5) is 10.1 Å². The Morgan fingerprint density at radius 2 is 2.20 bits per heavy atom. The molecule has 0 spiro atoms. The smallest absolute Gasteiger partial charge is 0.247 e. The Morgan fingerprint density at radius 3 is 3.07 bits per heavy atom. The number of carbonyl (C=O) groups excluding carboxylic acids is 1. The van der Waals surface area contributed by atoms with Crippen LogP contribution in [0, 0.1) is 5.82 Å². The molecule has 0 N–H and O–H groups in total. The van der Waals surface area contributed by atoms with E-state index < -0.39 is 0 Å². The van der Waals surface area contributed by atoms with E-state index in [-0.39, 0.29) is 11.7 Å². The molecule has 0 saturated carbocycles. The lowest BCUT2D eigenvalue weighted by molar-refractivity contribution is -0.125. The third kappa shape index (κ3) is 1.14. The van der Waals surface area contributed by atoms with Crippen molar-refractivity contribution in [3.05, 3.63) is 35.8 Å². The van der Waals surface area contributed by atoms with Crippen molar-refractivity contribution < 1.29 is 9.18 Å². The van der Waals surface area contributed by atoms with Gasteiger partial charge in [0, 0.05) is 24.7 Å². The van der Waals surface area contributed by atoms with E-state index in [1.54, 1.807) is 23.4 Å². The fourth-order valence-electron chi connectivity index (χ4n) is 2.00. The Morgan fingerprint density at radius 1 is 1.33 bits per heavy atom.